The molecule has 3 aromatic rings. The normalized spacial score (nSPS) is 15.9. The Labute approximate surface area is 204 Å². The molecule has 34 heavy (non-hydrogen) atoms. The second-order valence-electron chi connectivity index (χ2n) is 9.17. The Kier molecular flexibility index (Phi) is 6.48. The van der Waals surface area contributed by atoms with E-state index in [1.807, 2.05) is 55.1 Å². The molecule has 1 aromatic heterocycles. The van der Waals surface area contributed by atoms with E-state index in [-0.39, 0.29) is 11.8 Å². The largest absolute Gasteiger partial charge is 0.308 e. The standard InChI is InChI=1S/C27H30N4O2S/c1-18-8-4-5-9-22(18)26(33)31-15-12-20-16-21(10-11-23(20)31)25-19(2)34-27(29-25)28-24(32)17-30-13-6-3-7-14-30/h4-5,8-11,16H,3,6-7,12-15,17H2,1-2H3,(H,28,29,32). The number of carbonyl (C=O) groups excluding carboxylic acids is 2. The van der Waals surface area contributed by atoms with E-state index in [9.17, 15) is 9.59 Å². The molecule has 6 nitrogen and oxygen atoms in total. The fourth-order valence-corrected chi connectivity index (χ4v) is 5.77. The number of nitrogens with zero attached hydrogens (tertiary/aromatic N) is 3. The number of anilines is 2. The summed E-state index contributed by atoms with van der Waals surface area (Å²) in [7, 11) is 0. The van der Waals surface area contributed by atoms with E-state index in [1.165, 1.54) is 30.6 Å². The molecule has 2 aliphatic rings. The maximum absolute atomic E-state index is 13.2. The lowest BCUT2D eigenvalue weighted by Crippen LogP contribution is -2.36. The van der Waals surface area contributed by atoms with Crippen LogP contribution in [-0.4, -0.2) is 47.9 Å². The molecule has 1 N–H and O–H groups in total. The highest BCUT2D eigenvalue weighted by Crippen LogP contribution is 2.36. The first-order chi connectivity index (χ1) is 16.5. The third kappa shape index (κ3) is 4.63. The number of likely N-dealkylation sites (tertiary alicyclic amines) is 1. The van der Waals surface area contributed by atoms with Crippen molar-refractivity contribution in [2.24, 2.45) is 0 Å². The minimum Gasteiger partial charge on any atom is -0.308 e. The van der Waals surface area contributed by atoms with E-state index in [2.05, 4.69) is 16.3 Å². The van der Waals surface area contributed by atoms with E-state index in [0.717, 1.165) is 58.0 Å². The van der Waals surface area contributed by atoms with Crippen LogP contribution >= 0.6 is 11.3 Å². The van der Waals surface area contributed by atoms with E-state index >= 15 is 0 Å². The highest BCUT2D eigenvalue weighted by atomic mass is 32.1. The number of hydrogen-bond donors (Lipinski definition) is 1. The summed E-state index contributed by atoms with van der Waals surface area (Å²) in [5, 5.41) is 3.64. The number of carbonyl (C=O) groups is 2. The third-order valence-electron chi connectivity index (χ3n) is 6.73. The van der Waals surface area contributed by atoms with Gasteiger partial charge in [-0.1, -0.05) is 30.7 Å². The molecule has 0 aliphatic carbocycles. The van der Waals surface area contributed by atoms with Gasteiger partial charge in [-0.3, -0.25) is 14.5 Å². The zero-order chi connectivity index (χ0) is 23.7. The van der Waals surface area contributed by atoms with Crippen molar-refractivity contribution < 1.29 is 9.59 Å². The van der Waals surface area contributed by atoms with E-state index < -0.39 is 0 Å². The summed E-state index contributed by atoms with van der Waals surface area (Å²) in [5.74, 6) is 0.0506. The summed E-state index contributed by atoms with van der Waals surface area (Å²) >= 11 is 1.51. The zero-order valence-electron chi connectivity index (χ0n) is 19.8. The molecule has 5 rings (SSSR count). The lowest BCUT2D eigenvalue weighted by Gasteiger charge is -2.25. The molecule has 7 heteroatoms. The van der Waals surface area contributed by atoms with Crippen LogP contribution in [0.1, 0.15) is 45.6 Å². The molecule has 2 aromatic carbocycles. The second-order valence-corrected chi connectivity index (χ2v) is 10.4. The topological polar surface area (TPSA) is 65.5 Å². The number of hydrogen-bond acceptors (Lipinski definition) is 5. The van der Waals surface area contributed by atoms with Crippen LogP contribution in [0.2, 0.25) is 0 Å². The summed E-state index contributed by atoms with van der Waals surface area (Å²) in [4.78, 5) is 35.6. The molecule has 3 heterocycles. The van der Waals surface area contributed by atoms with Gasteiger partial charge >= 0.3 is 0 Å². The van der Waals surface area contributed by atoms with Crippen LogP contribution in [0.3, 0.4) is 0 Å². The van der Waals surface area contributed by atoms with Gasteiger partial charge in [0.25, 0.3) is 5.91 Å². The number of thiazole rings is 1. The molecule has 176 valence electrons. The highest BCUT2D eigenvalue weighted by molar-refractivity contribution is 7.16. The van der Waals surface area contributed by atoms with Crippen molar-refractivity contribution in [3.63, 3.8) is 0 Å². The predicted octanol–water partition coefficient (Wildman–Crippen LogP) is 5.05. The van der Waals surface area contributed by atoms with E-state index in [0.29, 0.717) is 18.2 Å². The number of nitrogens with one attached hydrogen (secondary N) is 1. The Morgan fingerprint density at radius 1 is 1.03 bits per heavy atom. The van der Waals surface area contributed by atoms with Gasteiger partial charge in [0, 0.05) is 28.2 Å². The quantitative estimate of drug-likeness (QED) is 0.562. The van der Waals surface area contributed by atoms with Gasteiger partial charge in [-0.05, 0) is 75.5 Å². The lowest BCUT2D eigenvalue weighted by atomic mass is 10.0. The molecular weight excluding hydrogens is 444 g/mol. The minimum atomic E-state index is 0.00140. The minimum absolute atomic E-state index is 0.00140. The summed E-state index contributed by atoms with van der Waals surface area (Å²) in [6.07, 6.45) is 4.41. The molecule has 2 aliphatic heterocycles. The molecule has 0 unspecified atom stereocenters. The maximum Gasteiger partial charge on any atom is 0.258 e. The molecule has 0 atom stereocenters. The van der Waals surface area contributed by atoms with Gasteiger partial charge < -0.3 is 10.2 Å². The molecule has 2 amide bonds. The van der Waals surface area contributed by atoms with Gasteiger partial charge in [0.1, 0.15) is 0 Å². The SMILES string of the molecule is Cc1ccccc1C(=O)N1CCc2cc(-c3nc(NC(=O)CN4CCCCC4)sc3C)ccc21. The van der Waals surface area contributed by atoms with Crippen molar-refractivity contribution >= 4 is 34.0 Å². The van der Waals surface area contributed by atoms with Crippen molar-refractivity contribution in [3.05, 3.63) is 64.0 Å². The van der Waals surface area contributed by atoms with Crippen LogP contribution in [-0.2, 0) is 11.2 Å². The first kappa shape index (κ1) is 22.7. The molecule has 0 saturated carbocycles. The van der Waals surface area contributed by atoms with Crippen LogP contribution in [0.25, 0.3) is 11.3 Å². The number of aromatic nitrogens is 1. The molecule has 0 bridgehead atoms. The lowest BCUT2D eigenvalue weighted by molar-refractivity contribution is -0.117. The third-order valence-corrected chi connectivity index (χ3v) is 7.61. The Bertz CT molecular complexity index is 1230. The number of rotatable bonds is 5. The number of aryl methyl sites for hydroxylation is 2. The fourth-order valence-electron chi connectivity index (χ4n) is 4.92. The van der Waals surface area contributed by atoms with Crippen molar-refractivity contribution in [2.45, 2.75) is 39.5 Å². The van der Waals surface area contributed by atoms with Gasteiger partial charge in [-0.25, -0.2) is 4.98 Å². The van der Waals surface area contributed by atoms with Gasteiger partial charge in [0.05, 0.1) is 12.2 Å². The highest BCUT2D eigenvalue weighted by Gasteiger charge is 2.27. The average Bonchev–Trinajstić information content (AvgIpc) is 3.42. The zero-order valence-corrected chi connectivity index (χ0v) is 20.6. The van der Waals surface area contributed by atoms with Crippen LogP contribution in [0.5, 0.6) is 0 Å². The van der Waals surface area contributed by atoms with Gasteiger partial charge in [0.15, 0.2) is 5.13 Å². The van der Waals surface area contributed by atoms with Crippen LogP contribution in [0, 0.1) is 13.8 Å². The first-order valence-corrected chi connectivity index (χ1v) is 12.8. The van der Waals surface area contributed by atoms with Crippen molar-refractivity contribution in [2.75, 3.05) is 36.4 Å². The first-order valence-electron chi connectivity index (χ1n) is 12.0. The van der Waals surface area contributed by atoms with Crippen molar-refractivity contribution in [3.8, 4) is 11.3 Å². The Morgan fingerprint density at radius 2 is 1.82 bits per heavy atom. The molecule has 1 fully saturated rings. The van der Waals surface area contributed by atoms with Gasteiger partial charge in [0.2, 0.25) is 5.91 Å². The summed E-state index contributed by atoms with van der Waals surface area (Å²) < 4.78 is 0. The van der Waals surface area contributed by atoms with E-state index in [4.69, 9.17) is 4.98 Å². The van der Waals surface area contributed by atoms with Crippen LogP contribution in [0.4, 0.5) is 10.8 Å². The molecule has 1 saturated heterocycles. The number of piperidine rings is 1. The van der Waals surface area contributed by atoms with Crippen molar-refractivity contribution in [1.82, 2.24) is 9.88 Å². The summed E-state index contributed by atoms with van der Waals surface area (Å²) in [5.41, 5.74) is 5.78. The second kappa shape index (κ2) is 9.68. The summed E-state index contributed by atoms with van der Waals surface area (Å²) in [6, 6.07) is 13.9. The Hall–Kier alpha value is -3.03. The maximum atomic E-state index is 13.2. The van der Waals surface area contributed by atoms with Crippen LogP contribution < -0.4 is 10.2 Å². The smallest absolute Gasteiger partial charge is 0.258 e. The van der Waals surface area contributed by atoms with Gasteiger partial charge in [-0.15, -0.1) is 11.3 Å². The Balaban J connectivity index is 1.31. The van der Waals surface area contributed by atoms with Crippen LogP contribution in [0.15, 0.2) is 42.5 Å². The summed E-state index contributed by atoms with van der Waals surface area (Å²) in [6.45, 7) is 7.11. The number of fused-ring (bicyclic) bond motifs is 1. The molecule has 0 radical (unpaired) electrons. The number of amides is 2. The van der Waals surface area contributed by atoms with Gasteiger partial charge in [-0.2, -0.15) is 0 Å². The predicted molar refractivity (Wildman–Crippen MR) is 138 cm³/mol. The molecular formula is C27H30N4O2S. The molecule has 0 spiro atoms. The van der Waals surface area contributed by atoms with E-state index in [1.54, 1.807) is 0 Å². The monoisotopic (exact) mass is 474 g/mol. The number of benzene rings is 2. The van der Waals surface area contributed by atoms with Crippen molar-refractivity contribution in [1.29, 1.82) is 0 Å². The Morgan fingerprint density at radius 3 is 2.62 bits per heavy atom. The fraction of sp³-hybridized carbons (Fsp3) is 0.370. The average molecular weight is 475 g/mol.